The molecule has 0 spiro atoms. The molecule has 0 amide bonds. The van der Waals surface area contributed by atoms with Crippen LogP contribution in [0.5, 0.6) is 11.5 Å². The minimum Gasteiger partial charge on any atom is -0.457 e. The van der Waals surface area contributed by atoms with Crippen LogP contribution in [0.1, 0.15) is 44.2 Å². The fraction of sp³-hybridized carbons (Fsp3) is 0.429. The Kier molecular flexibility index (Phi) is 8.11. The summed E-state index contributed by atoms with van der Waals surface area (Å²) >= 11 is 6.40. The summed E-state index contributed by atoms with van der Waals surface area (Å²) in [4.78, 5) is 18.2. The molecule has 0 saturated heterocycles. The maximum Gasteiger partial charge on any atom is 0.327 e. The van der Waals surface area contributed by atoms with Gasteiger partial charge < -0.3 is 20.3 Å². The highest BCUT2D eigenvalue weighted by atomic mass is 35.5. The number of hydrogen-bond acceptors (Lipinski definition) is 3. The highest BCUT2D eigenvalue weighted by Gasteiger charge is 2.28. The third-order valence-electron chi connectivity index (χ3n) is 4.46. The van der Waals surface area contributed by atoms with E-state index in [1.165, 1.54) is 5.56 Å². The van der Waals surface area contributed by atoms with E-state index in [0.29, 0.717) is 30.0 Å². The summed E-state index contributed by atoms with van der Waals surface area (Å²) in [6, 6.07) is 13.6. The lowest BCUT2D eigenvalue weighted by Gasteiger charge is -2.24. The smallest absolute Gasteiger partial charge is 0.327 e. The molecule has 0 heterocycles. The molecule has 2 aromatic rings. The molecule has 0 bridgehead atoms. The van der Waals surface area contributed by atoms with Gasteiger partial charge in [0.25, 0.3) is 0 Å². The molecular weight excluding hydrogens is 397 g/mol. The molecule has 0 fully saturated rings. The van der Waals surface area contributed by atoms with Gasteiger partial charge in [0.05, 0.1) is 6.16 Å². The Morgan fingerprint density at radius 1 is 1.14 bits per heavy atom. The molecular formula is C21H29ClNO4P. The van der Waals surface area contributed by atoms with Gasteiger partial charge in [0.1, 0.15) is 11.5 Å². The molecule has 0 aromatic heterocycles. The summed E-state index contributed by atoms with van der Waals surface area (Å²) in [6.07, 6.45) is 3.64. The molecule has 0 aliphatic heterocycles. The Balaban J connectivity index is 1.95. The van der Waals surface area contributed by atoms with Crippen LogP contribution in [0.15, 0.2) is 42.5 Å². The summed E-state index contributed by atoms with van der Waals surface area (Å²) in [7, 11) is -4.12. The van der Waals surface area contributed by atoms with E-state index in [1.54, 1.807) is 13.0 Å². The van der Waals surface area contributed by atoms with Gasteiger partial charge in [-0.05, 0) is 68.0 Å². The summed E-state index contributed by atoms with van der Waals surface area (Å²) in [5.41, 5.74) is 7.30. The zero-order valence-corrected chi connectivity index (χ0v) is 18.0. The number of halogens is 1. The van der Waals surface area contributed by atoms with Gasteiger partial charge in [-0.1, -0.05) is 43.1 Å². The molecule has 5 nitrogen and oxygen atoms in total. The topological polar surface area (TPSA) is 92.8 Å². The summed E-state index contributed by atoms with van der Waals surface area (Å²) in [5, 5.41) is 0.607. The van der Waals surface area contributed by atoms with E-state index in [1.807, 2.05) is 30.3 Å². The second-order valence-corrected chi connectivity index (χ2v) is 9.64. The van der Waals surface area contributed by atoms with E-state index in [4.69, 9.17) is 31.9 Å². The number of ether oxygens (including phenoxy) is 1. The van der Waals surface area contributed by atoms with Crippen molar-refractivity contribution in [3.63, 3.8) is 0 Å². The summed E-state index contributed by atoms with van der Waals surface area (Å²) in [6.45, 7) is 3.81. The van der Waals surface area contributed by atoms with Crippen molar-refractivity contribution < 1.29 is 19.1 Å². The minimum atomic E-state index is -4.12. The zero-order valence-electron chi connectivity index (χ0n) is 16.4. The van der Waals surface area contributed by atoms with Crippen LogP contribution in [-0.4, -0.2) is 21.5 Å². The maximum absolute atomic E-state index is 11.2. The first kappa shape index (κ1) is 22.9. The first-order chi connectivity index (χ1) is 13.1. The van der Waals surface area contributed by atoms with Crippen LogP contribution in [0.4, 0.5) is 0 Å². The second-order valence-electron chi connectivity index (χ2n) is 7.58. The zero-order chi connectivity index (χ0) is 20.8. The van der Waals surface area contributed by atoms with Crippen LogP contribution >= 0.6 is 19.2 Å². The summed E-state index contributed by atoms with van der Waals surface area (Å²) < 4.78 is 17.1. The van der Waals surface area contributed by atoms with Crippen LogP contribution in [0.2, 0.25) is 5.02 Å². The SMILES string of the molecule is CCCc1cccc(Oc2ccc(CCCC(C)(N)CP(=O)(O)O)c(Cl)c2)c1. The number of nitrogens with two attached hydrogens (primary N) is 1. The van der Waals surface area contributed by atoms with Crippen molar-refractivity contribution in [2.45, 2.75) is 51.5 Å². The summed E-state index contributed by atoms with van der Waals surface area (Å²) in [5.74, 6) is 1.46. The lowest BCUT2D eigenvalue weighted by molar-refractivity contribution is 0.348. The molecule has 4 N–H and O–H groups in total. The third-order valence-corrected chi connectivity index (χ3v) is 5.94. The van der Waals surface area contributed by atoms with Crippen molar-refractivity contribution in [2.75, 3.05) is 6.16 Å². The van der Waals surface area contributed by atoms with E-state index < -0.39 is 13.1 Å². The van der Waals surface area contributed by atoms with Crippen LogP contribution in [0.3, 0.4) is 0 Å². The lowest BCUT2D eigenvalue weighted by atomic mass is 9.96. The van der Waals surface area contributed by atoms with Gasteiger partial charge in [0, 0.05) is 10.6 Å². The predicted molar refractivity (Wildman–Crippen MR) is 114 cm³/mol. The quantitative estimate of drug-likeness (QED) is 0.449. The Morgan fingerprint density at radius 2 is 1.86 bits per heavy atom. The normalized spacial score (nSPS) is 13.9. The van der Waals surface area contributed by atoms with Crippen molar-refractivity contribution in [3.8, 4) is 11.5 Å². The molecule has 154 valence electrons. The molecule has 0 radical (unpaired) electrons. The first-order valence-electron chi connectivity index (χ1n) is 9.47. The van der Waals surface area contributed by atoms with Crippen molar-refractivity contribution in [1.82, 2.24) is 0 Å². The van der Waals surface area contributed by atoms with Gasteiger partial charge in [-0.25, -0.2) is 0 Å². The Labute approximate surface area is 172 Å². The van der Waals surface area contributed by atoms with Gasteiger partial charge in [0.2, 0.25) is 0 Å². The van der Waals surface area contributed by atoms with Crippen LogP contribution in [0, 0.1) is 0 Å². The molecule has 7 heteroatoms. The number of benzene rings is 2. The molecule has 1 atom stereocenters. The highest BCUT2D eigenvalue weighted by Crippen LogP contribution is 2.39. The number of hydrogen-bond donors (Lipinski definition) is 3. The molecule has 2 rings (SSSR count). The van der Waals surface area contributed by atoms with Crippen LogP contribution < -0.4 is 10.5 Å². The van der Waals surface area contributed by atoms with Crippen LogP contribution in [-0.2, 0) is 17.4 Å². The fourth-order valence-corrected chi connectivity index (χ4v) is 4.58. The van der Waals surface area contributed by atoms with E-state index in [9.17, 15) is 4.57 Å². The van der Waals surface area contributed by atoms with Gasteiger partial charge >= 0.3 is 7.60 Å². The highest BCUT2D eigenvalue weighted by molar-refractivity contribution is 7.51. The van der Waals surface area contributed by atoms with Gasteiger partial charge in [-0.3, -0.25) is 4.57 Å². The molecule has 1 unspecified atom stereocenters. The second kappa shape index (κ2) is 9.91. The van der Waals surface area contributed by atoms with Crippen molar-refractivity contribution in [2.24, 2.45) is 5.73 Å². The Bertz CT molecular complexity index is 835. The Hall–Kier alpha value is -1.36. The van der Waals surface area contributed by atoms with Gasteiger partial charge in [0.15, 0.2) is 0 Å². The molecule has 0 saturated carbocycles. The molecule has 28 heavy (non-hydrogen) atoms. The number of aryl methyl sites for hydroxylation is 2. The third kappa shape index (κ3) is 7.94. The van der Waals surface area contributed by atoms with Gasteiger partial charge in [-0.2, -0.15) is 0 Å². The average molecular weight is 426 g/mol. The average Bonchev–Trinajstić information content (AvgIpc) is 2.55. The van der Waals surface area contributed by atoms with Crippen LogP contribution in [0.25, 0.3) is 0 Å². The van der Waals surface area contributed by atoms with Crippen molar-refractivity contribution >= 4 is 19.2 Å². The Morgan fingerprint density at radius 3 is 2.50 bits per heavy atom. The van der Waals surface area contributed by atoms with Crippen molar-refractivity contribution in [3.05, 3.63) is 58.6 Å². The monoisotopic (exact) mass is 425 g/mol. The fourth-order valence-electron chi connectivity index (χ4n) is 3.22. The molecule has 2 aromatic carbocycles. The van der Waals surface area contributed by atoms with Crippen molar-refractivity contribution in [1.29, 1.82) is 0 Å². The van der Waals surface area contributed by atoms with E-state index in [0.717, 1.165) is 24.2 Å². The molecule has 0 aliphatic rings. The van der Waals surface area contributed by atoms with Gasteiger partial charge in [-0.15, -0.1) is 0 Å². The molecule has 0 aliphatic carbocycles. The maximum atomic E-state index is 11.2. The van der Waals surface area contributed by atoms with E-state index in [-0.39, 0.29) is 6.16 Å². The minimum absolute atomic E-state index is 0.322. The first-order valence-corrected chi connectivity index (χ1v) is 11.6. The standard InChI is InChI=1S/C21H29ClNO4P/c1-3-6-16-7-4-9-18(13-16)27-19-11-10-17(20(22)14-19)8-5-12-21(2,23)15-28(24,25)26/h4,7,9-11,13-14H,3,5-6,8,12,15,23H2,1-2H3,(H2,24,25,26). The lowest BCUT2D eigenvalue weighted by Crippen LogP contribution is -2.40. The van der Waals surface area contributed by atoms with E-state index >= 15 is 0 Å². The predicted octanol–water partition coefficient (Wildman–Crippen LogP) is 5.30. The largest absolute Gasteiger partial charge is 0.457 e. The van der Waals surface area contributed by atoms with E-state index in [2.05, 4.69) is 13.0 Å². The number of rotatable bonds is 10.